The fraction of sp³-hybridized carbons (Fsp3) is 0.769. The number of hydrogen-bond acceptors (Lipinski definition) is 5. The summed E-state index contributed by atoms with van der Waals surface area (Å²) >= 11 is 1.35. The van der Waals surface area contributed by atoms with Crippen LogP contribution in [0.2, 0.25) is 0 Å². The van der Waals surface area contributed by atoms with Crippen LogP contribution in [0.5, 0.6) is 0 Å². The third-order valence-electron chi connectivity index (χ3n) is 4.32. The zero-order chi connectivity index (χ0) is 13.4. The molecule has 1 N–H and O–H groups in total. The minimum atomic E-state index is -0.707. The first-order chi connectivity index (χ1) is 9.20. The summed E-state index contributed by atoms with van der Waals surface area (Å²) in [5.41, 5.74) is 0. The highest BCUT2D eigenvalue weighted by atomic mass is 32.1. The van der Waals surface area contributed by atoms with Gasteiger partial charge in [-0.15, -0.1) is 0 Å². The van der Waals surface area contributed by atoms with Gasteiger partial charge in [0, 0.05) is 24.5 Å². The molecule has 0 spiro atoms. The van der Waals surface area contributed by atoms with Gasteiger partial charge in [-0.1, -0.05) is 13.3 Å². The summed E-state index contributed by atoms with van der Waals surface area (Å²) in [7, 11) is 0. The summed E-state index contributed by atoms with van der Waals surface area (Å²) in [5.74, 6) is 0.973. The van der Waals surface area contributed by atoms with Crippen molar-refractivity contribution in [3.8, 4) is 0 Å². The predicted octanol–water partition coefficient (Wildman–Crippen LogP) is 2.18. The van der Waals surface area contributed by atoms with Crippen molar-refractivity contribution in [2.75, 3.05) is 11.4 Å². The van der Waals surface area contributed by atoms with Crippen molar-refractivity contribution in [3.63, 3.8) is 0 Å². The Bertz CT molecular complexity index is 476. The average molecular weight is 281 g/mol. The van der Waals surface area contributed by atoms with Crippen LogP contribution in [0.15, 0.2) is 0 Å². The highest BCUT2D eigenvalue weighted by molar-refractivity contribution is 7.09. The molecule has 1 aromatic heterocycles. The maximum atomic E-state index is 11.6. The minimum Gasteiger partial charge on any atom is -0.480 e. The Labute approximate surface area is 116 Å². The first kappa shape index (κ1) is 12.8. The van der Waals surface area contributed by atoms with Gasteiger partial charge in [0.05, 0.1) is 0 Å². The molecule has 104 valence electrons. The van der Waals surface area contributed by atoms with Gasteiger partial charge in [0.15, 0.2) is 0 Å². The highest BCUT2D eigenvalue weighted by Gasteiger charge is 2.48. The summed E-state index contributed by atoms with van der Waals surface area (Å²) in [6, 6.07) is -0.394. The number of aryl methyl sites for hydroxylation is 1. The summed E-state index contributed by atoms with van der Waals surface area (Å²) < 4.78 is 4.33. The monoisotopic (exact) mass is 281 g/mol. The number of aliphatic carboxylic acids is 1. The second kappa shape index (κ2) is 5.07. The SMILES string of the molecule is CCCc1nsc(N2CC3CCCC3C2C(=O)O)n1. The number of carboxylic acid groups (broad SMARTS) is 1. The molecule has 0 radical (unpaired) electrons. The van der Waals surface area contributed by atoms with Crippen LogP contribution in [0.3, 0.4) is 0 Å². The Morgan fingerprint density at radius 2 is 2.37 bits per heavy atom. The average Bonchev–Trinajstić information content (AvgIpc) is 3.00. The number of carbonyl (C=O) groups is 1. The van der Waals surface area contributed by atoms with Crippen molar-refractivity contribution < 1.29 is 9.90 Å². The fourth-order valence-electron chi connectivity index (χ4n) is 3.51. The molecule has 0 aromatic carbocycles. The summed E-state index contributed by atoms with van der Waals surface area (Å²) in [4.78, 5) is 18.1. The largest absolute Gasteiger partial charge is 0.480 e. The van der Waals surface area contributed by atoms with E-state index in [2.05, 4.69) is 16.3 Å². The van der Waals surface area contributed by atoms with Crippen LogP contribution < -0.4 is 4.90 Å². The molecule has 5 nitrogen and oxygen atoms in total. The van der Waals surface area contributed by atoms with Crippen molar-refractivity contribution in [3.05, 3.63) is 5.82 Å². The van der Waals surface area contributed by atoms with Gasteiger partial charge in [-0.05, 0) is 31.1 Å². The molecule has 0 bridgehead atoms. The second-order valence-electron chi connectivity index (χ2n) is 5.53. The van der Waals surface area contributed by atoms with Gasteiger partial charge in [-0.2, -0.15) is 4.37 Å². The molecule has 2 fully saturated rings. The number of hydrogen-bond donors (Lipinski definition) is 1. The van der Waals surface area contributed by atoms with E-state index in [4.69, 9.17) is 0 Å². The molecule has 3 atom stereocenters. The number of anilines is 1. The highest BCUT2D eigenvalue weighted by Crippen LogP contribution is 2.44. The summed E-state index contributed by atoms with van der Waals surface area (Å²) in [5, 5.41) is 10.3. The van der Waals surface area contributed by atoms with Crippen LogP contribution in [-0.4, -0.2) is 33.0 Å². The standard InChI is InChI=1S/C13H19N3O2S/c1-2-4-10-14-13(19-15-10)16-7-8-5-3-6-9(8)11(16)12(17)18/h8-9,11H,2-7H2,1H3,(H,17,18). The molecular formula is C13H19N3O2S. The lowest BCUT2D eigenvalue weighted by Gasteiger charge is -2.23. The van der Waals surface area contributed by atoms with E-state index < -0.39 is 12.0 Å². The first-order valence-electron chi connectivity index (χ1n) is 7.02. The van der Waals surface area contributed by atoms with E-state index in [0.29, 0.717) is 11.8 Å². The van der Waals surface area contributed by atoms with Gasteiger partial charge in [-0.3, -0.25) is 0 Å². The maximum absolute atomic E-state index is 11.6. The second-order valence-corrected chi connectivity index (χ2v) is 6.26. The normalized spacial score (nSPS) is 29.7. The molecule has 6 heteroatoms. The van der Waals surface area contributed by atoms with Gasteiger partial charge in [0.2, 0.25) is 5.13 Å². The number of carboxylic acids is 1. The topological polar surface area (TPSA) is 66.3 Å². The fourth-order valence-corrected chi connectivity index (χ4v) is 4.26. The Morgan fingerprint density at radius 1 is 1.53 bits per heavy atom. The first-order valence-corrected chi connectivity index (χ1v) is 7.80. The van der Waals surface area contributed by atoms with Crippen molar-refractivity contribution >= 4 is 22.6 Å². The molecule has 2 aliphatic rings. The van der Waals surface area contributed by atoms with Crippen LogP contribution in [0.4, 0.5) is 5.13 Å². The van der Waals surface area contributed by atoms with Crippen LogP contribution in [0.1, 0.15) is 38.4 Å². The quantitative estimate of drug-likeness (QED) is 0.916. The Kier molecular flexibility index (Phi) is 3.43. The molecule has 2 heterocycles. The van der Waals surface area contributed by atoms with Crippen molar-refractivity contribution in [1.82, 2.24) is 9.36 Å². The van der Waals surface area contributed by atoms with Gasteiger partial charge in [-0.25, -0.2) is 9.78 Å². The predicted molar refractivity (Wildman–Crippen MR) is 73.5 cm³/mol. The van der Waals surface area contributed by atoms with Gasteiger partial charge < -0.3 is 10.0 Å². The van der Waals surface area contributed by atoms with E-state index >= 15 is 0 Å². The lowest BCUT2D eigenvalue weighted by Crippen LogP contribution is -2.39. The van der Waals surface area contributed by atoms with Crippen molar-refractivity contribution in [2.24, 2.45) is 11.8 Å². The summed E-state index contributed by atoms with van der Waals surface area (Å²) in [6.45, 7) is 2.93. The molecule has 0 amide bonds. The van der Waals surface area contributed by atoms with Crippen LogP contribution >= 0.6 is 11.5 Å². The van der Waals surface area contributed by atoms with Crippen LogP contribution in [-0.2, 0) is 11.2 Å². The van der Waals surface area contributed by atoms with Crippen molar-refractivity contribution in [2.45, 2.75) is 45.1 Å². The molecular weight excluding hydrogens is 262 g/mol. The number of nitrogens with zero attached hydrogens (tertiary/aromatic N) is 3. The van der Waals surface area contributed by atoms with E-state index in [1.54, 1.807) is 0 Å². The Morgan fingerprint density at radius 3 is 3.11 bits per heavy atom. The molecule has 1 saturated carbocycles. The number of rotatable bonds is 4. The van der Waals surface area contributed by atoms with E-state index in [1.165, 1.54) is 18.0 Å². The third-order valence-corrected chi connectivity index (χ3v) is 5.11. The maximum Gasteiger partial charge on any atom is 0.326 e. The zero-order valence-electron chi connectivity index (χ0n) is 11.1. The van der Waals surface area contributed by atoms with Crippen LogP contribution in [0.25, 0.3) is 0 Å². The molecule has 1 aliphatic carbocycles. The van der Waals surface area contributed by atoms with Crippen LogP contribution in [0, 0.1) is 11.8 Å². The minimum absolute atomic E-state index is 0.302. The summed E-state index contributed by atoms with van der Waals surface area (Å²) in [6.07, 6.45) is 5.26. The van der Waals surface area contributed by atoms with E-state index in [9.17, 15) is 9.90 Å². The van der Waals surface area contributed by atoms with E-state index in [1.807, 2.05) is 4.90 Å². The van der Waals surface area contributed by atoms with E-state index in [0.717, 1.165) is 43.2 Å². The number of fused-ring (bicyclic) bond motifs is 1. The smallest absolute Gasteiger partial charge is 0.326 e. The molecule has 3 unspecified atom stereocenters. The molecule has 1 aliphatic heterocycles. The van der Waals surface area contributed by atoms with Crippen molar-refractivity contribution in [1.29, 1.82) is 0 Å². The Hall–Kier alpha value is -1.17. The molecule has 19 heavy (non-hydrogen) atoms. The van der Waals surface area contributed by atoms with E-state index in [-0.39, 0.29) is 0 Å². The third kappa shape index (κ3) is 2.22. The Balaban J connectivity index is 1.84. The molecule has 3 rings (SSSR count). The van der Waals surface area contributed by atoms with Gasteiger partial charge in [0.1, 0.15) is 11.9 Å². The lowest BCUT2D eigenvalue weighted by atomic mass is 9.94. The molecule has 1 aromatic rings. The number of aromatic nitrogens is 2. The van der Waals surface area contributed by atoms with Gasteiger partial charge in [0.25, 0.3) is 0 Å². The zero-order valence-corrected chi connectivity index (χ0v) is 11.9. The van der Waals surface area contributed by atoms with Gasteiger partial charge >= 0.3 is 5.97 Å². The lowest BCUT2D eigenvalue weighted by molar-refractivity contribution is -0.139. The molecule has 1 saturated heterocycles.